The lowest BCUT2D eigenvalue weighted by molar-refractivity contribution is -0.113. The van der Waals surface area contributed by atoms with Crippen molar-refractivity contribution in [1.29, 1.82) is 0 Å². The smallest absolute Gasteiger partial charge is 0.341 e. The summed E-state index contributed by atoms with van der Waals surface area (Å²) in [6.07, 6.45) is 5.01. The van der Waals surface area contributed by atoms with Gasteiger partial charge >= 0.3 is 5.97 Å². The van der Waals surface area contributed by atoms with Gasteiger partial charge in [0.05, 0.1) is 18.4 Å². The number of methoxy groups -OCH3 is 1. The molecule has 3 heterocycles. The van der Waals surface area contributed by atoms with E-state index in [4.69, 9.17) is 4.74 Å². The zero-order valence-electron chi connectivity index (χ0n) is 18.4. The third-order valence-electron chi connectivity index (χ3n) is 5.34. The molecule has 1 amide bonds. The van der Waals surface area contributed by atoms with Gasteiger partial charge in [0.2, 0.25) is 5.91 Å². The largest absolute Gasteiger partial charge is 0.465 e. The number of nitrogens with zero attached hydrogens (tertiary/aromatic N) is 3. The maximum absolute atomic E-state index is 12.7. The van der Waals surface area contributed by atoms with E-state index in [-0.39, 0.29) is 17.6 Å². The summed E-state index contributed by atoms with van der Waals surface area (Å²) < 4.78 is 6.99. The lowest BCUT2D eigenvalue weighted by atomic mass is 10.1. The number of carbonyl (C=O) groups excluding carboxylic acids is 2. The summed E-state index contributed by atoms with van der Waals surface area (Å²) in [5.74, 6) is 0.456. The Morgan fingerprint density at radius 1 is 1.28 bits per heavy atom. The van der Waals surface area contributed by atoms with Crippen LogP contribution in [0.5, 0.6) is 0 Å². The van der Waals surface area contributed by atoms with Crippen LogP contribution in [0.4, 0.5) is 5.00 Å². The summed E-state index contributed by atoms with van der Waals surface area (Å²) in [6.45, 7) is 4.94. The molecule has 170 valence electrons. The quantitative estimate of drug-likeness (QED) is 0.334. The lowest BCUT2D eigenvalue weighted by Gasteiger charge is -2.08. The average Bonchev–Trinajstić information content (AvgIpc) is 3.55. The van der Waals surface area contributed by atoms with Crippen LogP contribution in [0.3, 0.4) is 0 Å². The molecular formula is C22H26N4O3S3. The second-order valence-electron chi connectivity index (χ2n) is 7.49. The van der Waals surface area contributed by atoms with Gasteiger partial charge in [-0.3, -0.25) is 4.79 Å². The molecule has 0 unspecified atom stereocenters. The minimum absolute atomic E-state index is 0.173. The number of ether oxygens (including phenoxy) is 1. The minimum atomic E-state index is -0.388. The molecule has 0 aliphatic heterocycles. The number of carbonyl (C=O) groups is 2. The molecule has 0 fully saturated rings. The summed E-state index contributed by atoms with van der Waals surface area (Å²) in [7, 11) is 1.37. The summed E-state index contributed by atoms with van der Waals surface area (Å²) in [5.41, 5.74) is 2.61. The van der Waals surface area contributed by atoms with Gasteiger partial charge in [-0.25, -0.2) is 4.79 Å². The number of nitrogens with one attached hydrogen (secondary N) is 1. The number of esters is 1. The molecule has 7 nitrogen and oxygen atoms in total. The maximum Gasteiger partial charge on any atom is 0.341 e. The predicted octanol–water partition coefficient (Wildman–Crippen LogP) is 5.05. The number of aromatic nitrogens is 3. The van der Waals surface area contributed by atoms with Crippen molar-refractivity contribution >= 4 is 51.3 Å². The molecule has 3 aromatic heterocycles. The Balaban J connectivity index is 1.45. The Hall–Kier alpha value is -2.17. The molecule has 4 rings (SSSR count). The predicted molar refractivity (Wildman–Crippen MR) is 130 cm³/mol. The Bertz CT molecular complexity index is 1130. The molecule has 0 radical (unpaired) electrons. The third kappa shape index (κ3) is 4.62. The van der Waals surface area contributed by atoms with Gasteiger partial charge in [0.15, 0.2) is 11.0 Å². The summed E-state index contributed by atoms with van der Waals surface area (Å²) in [6, 6.07) is 2.18. The van der Waals surface area contributed by atoms with E-state index in [2.05, 4.69) is 33.9 Å². The van der Waals surface area contributed by atoms with Crippen LogP contribution in [0.15, 0.2) is 16.6 Å². The van der Waals surface area contributed by atoms with Crippen molar-refractivity contribution in [3.63, 3.8) is 0 Å². The van der Waals surface area contributed by atoms with Crippen LogP contribution in [-0.2, 0) is 35.3 Å². The number of fused-ring (bicyclic) bond motifs is 1. The molecule has 3 aromatic rings. The zero-order valence-corrected chi connectivity index (χ0v) is 20.8. The topological polar surface area (TPSA) is 86.1 Å². The summed E-state index contributed by atoms with van der Waals surface area (Å²) in [4.78, 5) is 27.5. The van der Waals surface area contributed by atoms with Gasteiger partial charge < -0.3 is 14.6 Å². The Labute approximate surface area is 199 Å². The van der Waals surface area contributed by atoms with E-state index in [0.29, 0.717) is 15.7 Å². The van der Waals surface area contributed by atoms with Crippen molar-refractivity contribution in [2.45, 2.75) is 57.7 Å². The highest BCUT2D eigenvalue weighted by molar-refractivity contribution is 7.99. The Morgan fingerprint density at radius 2 is 2.12 bits per heavy atom. The monoisotopic (exact) mass is 490 g/mol. The highest BCUT2D eigenvalue weighted by atomic mass is 32.2. The minimum Gasteiger partial charge on any atom is -0.465 e. The van der Waals surface area contributed by atoms with E-state index >= 15 is 0 Å². The molecule has 0 spiro atoms. The molecule has 10 heteroatoms. The van der Waals surface area contributed by atoms with E-state index < -0.39 is 0 Å². The first-order valence-corrected chi connectivity index (χ1v) is 13.4. The Kier molecular flexibility index (Phi) is 7.32. The number of thioether (sulfide) groups is 1. The fourth-order valence-corrected chi connectivity index (χ4v) is 6.94. The third-order valence-corrected chi connectivity index (χ3v) is 8.51. The fraction of sp³-hybridized carbons (Fsp3) is 0.455. The van der Waals surface area contributed by atoms with Crippen LogP contribution in [0.1, 0.15) is 52.4 Å². The van der Waals surface area contributed by atoms with E-state index in [0.717, 1.165) is 55.6 Å². The highest BCUT2D eigenvalue weighted by Crippen LogP contribution is 2.39. The standard InChI is InChI=1S/C22H26N4O3S3/c1-4-7-14-10-13(11-30-14)19-24-25-22(26(19)5-2)31-12-17(27)23-20-18(21(28)29-3)15-8-6-9-16(15)32-20/h10-11H,4-9,12H2,1-3H3,(H,23,27). The number of hydrogen-bond acceptors (Lipinski definition) is 8. The van der Waals surface area contributed by atoms with Crippen LogP contribution >= 0.6 is 34.4 Å². The van der Waals surface area contributed by atoms with Crippen LogP contribution in [-0.4, -0.2) is 39.5 Å². The Morgan fingerprint density at radius 3 is 2.88 bits per heavy atom. The number of aryl methyl sites for hydroxylation is 2. The van der Waals surface area contributed by atoms with Gasteiger partial charge in [0.1, 0.15) is 5.00 Å². The number of rotatable bonds is 9. The molecule has 1 N–H and O–H groups in total. The molecule has 0 saturated heterocycles. The fourth-order valence-electron chi connectivity index (χ4n) is 3.87. The molecule has 1 aliphatic rings. The van der Waals surface area contributed by atoms with Crippen LogP contribution < -0.4 is 5.32 Å². The van der Waals surface area contributed by atoms with Gasteiger partial charge in [0.25, 0.3) is 0 Å². The molecule has 0 saturated carbocycles. The van der Waals surface area contributed by atoms with E-state index in [1.54, 1.807) is 11.3 Å². The van der Waals surface area contributed by atoms with Crippen molar-refractivity contribution < 1.29 is 14.3 Å². The van der Waals surface area contributed by atoms with Gasteiger partial charge in [-0.2, -0.15) is 0 Å². The maximum atomic E-state index is 12.7. The number of hydrogen-bond donors (Lipinski definition) is 1. The van der Waals surface area contributed by atoms with Crippen molar-refractivity contribution in [3.05, 3.63) is 32.3 Å². The summed E-state index contributed by atoms with van der Waals surface area (Å²) in [5, 5.41) is 15.0. The van der Waals surface area contributed by atoms with Crippen molar-refractivity contribution in [2.24, 2.45) is 0 Å². The van der Waals surface area contributed by atoms with Gasteiger partial charge in [-0.15, -0.1) is 32.9 Å². The molecule has 32 heavy (non-hydrogen) atoms. The van der Waals surface area contributed by atoms with Crippen molar-refractivity contribution in [1.82, 2.24) is 14.8 Å². The van der Waals surface area contributed by atoms with Crippen molar-refractivity contribution in [2.75, 3.05) is 18.2 Å². The van der Waals surface area contributed by atoms with E-state index in [1.165, 1.54) is 40.0 Å². The average molecular weight is 491 g/mol. The first-order chi connectivity index (χ1) is 15.5. The first kappa shape index (κ1) is 23.0. The molecule has 0 atom stereocenters. The van der Waals surface area contributed by atoms with Gasteiger partial charge in [0, 0.05) is 27.2 Å². The highest BCUT2D eigenvalue weighted by Gasteiger charge is 2.28. The van der Waals surface area contributed by atoms with Crippen molar-refractivity contribution in [3.8, 4) is 11.4 Å². The lowest BCUT2D eigenvalue weighted by Crippen LogP contribution is -2.16. The number of anilines is 1. The van der Waals surface area contributed by atoms with Crippen LogP contribution in [0, 0.1) is 0 Å². The van der Waals surface area contributed by atoms with Crippen LogP contribution in [0.2, 0.25) is 0 Å². The normalized spacial score (nSPS) is 12.7. The molecule has 0 bridgehead atoms. The number of thiophene rings is 2. The number of amides is 1. The second kappa shape index (κ2) is 10.2. The van der Waals surface area contributed by atoms with Gasteiger partial charge in [-0.1, -0.05) is 25.1 Å². The second-order valence-corrected chi connectivity index (χ2v) is 10.5. The SMILES string of the molecule is CCCc1cc(-c2nnc(SCC(=O)Nc3sc4c(c3C(=O)OC)CCC4)n2CC)cs1. The van der Waals surface area contributed by atoms with E-state index in [1.807, 2.05) is 11.5 Å². The molecule has 1 aliphatic carbocycles. The van der Waals surface area contributed by atoms with E-state index in [9.17, 15) is 9.59 Å². The zero-order chi connectivity index (χ0) is 22.7. The molecular weight excluding hydrogens is 464 g/mol. The first-order valence-electron chi connectivity index (χ1n) is 10.7. The molecule has 0 aromatic carbocycles. The van der Waals surface area contributed by atoms with Crippen LogP contribution in [0.25, 0.3) is 11.4 Å². The van der Waals surface area contributed by atoms with Gasteiger partial charge in [-0.05, 0) is 44.2 Å². The summed E-state index contributed by atoms with van der Waals surface area (Å²) >= 11 is 4.58.